The van der Waals surface area contributed by atoms with Gasteiger partial charge in [0, 0.05) is 39.2 Å². The summed E-state index contributed by atoms with van der Waals surface area (Å²) < 4.78 is 18.0. The number of ether oxygens (including phenoxy) is 3. The third-order valence-electron chi connectivity index (χ3n) is 6.60. The molecule has 1 aliphatic rings. The lowest BCUT2D eigenvalue weighted by atomic mass is 9.97. The molecule has 0 unspecified atom stereocenters. The van der Waals surface area contributed by atoms with Gasteiger partial charge in [0.25, 0.3) is 5.56 Å². The number of nitrogens with one attached hydrogen (secondary N) is 2. The van der Waals surface area contributed by atoms with Crippen LogP contribution in [-0.2, 0) is 27.4 Å². The van der Waals surface area contributed by atoms with Crippen LogP contribution in [0.15, 0.2) is 33.4 Å². The maximum Gasteiger partial charge on any atom is 0.331 e. The molecule has 208 valence electrons. The molecule has 0 spiro atoms. The average molecular weight is 531 g/mol. The summed E-state index contributed by atoms with van der Waals surface area (Å²) in [7, 11) is 4.45. The molecule has 38 heavy (non-hydrogen) atoms. The van der Waals surface area contributed by atoms with E-state index in [9.17, 15) is 19.2 Å². The van der Waals surface area contributed by atoms with E-state index in [1.807, 2.05) is 0 Å². The number of hydrogen-bond donors (Lipinski definition) is 2. The van der Waals surface area contributed by atoms with Crippen LogP contribution in [0.1, 0.15) is 44.9 Å². The molecule has 1 aliphatic carbocycles. The van der Waals surface area contributed by atoms with Gasteiger partial charge >= 0.3 is 5.69 Å². The lowest BCUT2D eigenvalue weighted by Gasteiger charge is -2.17. The molecule has 0 radical (unpaired) electrons. The highest BCUT2D eigenvalue weighted by Gasteiger charge is 2.19. The third kappa shape index (κ3) is 7.47. The Balaban J connectivity index is 1.85. The molecule has 0 atom stereocenters. The minimum atomic E-state index is -0.625. The zero-order valence-corrected chi connectivity index (χ0v) is 22.5. The monoisotopic (exact) mass is 530 g/mol. The summed E-state index contributed by atoms with van der Waals surface area (Å²) in [6.45, 7) is 1.01. The van der Waals surface area contributed by atoms with Crippen molar-refractivity contribution in [1.29, 1.82) is 0 Å². The first-order chi connectivity index (χ1) is 18.4. The Labute approximate surface area is 221 Å². The number of methoxy groups -OCH3 is 3. The van der Waals surface area contributed by atoms with Crippen LogP contribution in [0.2, 0.25) is 0 Å². The van der Waals surface area contributed by atoms with Gasteiger partial charge in [-0.25, -0.2) is 4.79 Å². The van der Waals surface area contributed by atoms with Crippen LogP contribution in [0.3, 0.4) is 0 Å². The van der Waals surface area contributed by atoms with Gasteiger partial charge < -0.3 is 24.8 Å². The number of hydrogen-bond acceptors (Lipinski definition) is 7. The standard InChI is InChI=1S/C27H38N4O7/c1-36-15-13-29-24(32)10-7-14-30-26(34)20-16-22(37-2)23(38-3)17-21(20)31(27(30)35)18-25(33)28-12-11-19-8-5-4-6-9-19/h8,16-17H,4-7,9-15,18H2,1-3H3,(H,28,33)(H,29,32). The maximum absolute atomic E-state index is 13.4. The number of aromatic nitrogens is 2. The van der Waals surface area contributed by atoms with E-state index >= 15 is 0 Å². The summed E-state index contributed by atoms with van der Waals surface area (Å²) in [5.74, 6) is 0.136. The zero-order chi connectivity index (χ0) is 27.5. The van der Waals surface area contributed by atoms with Gasteiger partial charge in [0.1, 0.15) is 6.54 Å². The molecule has 1 aromatic carbocycles. The molecule has 0 fully saturated rings. The molecule has 0 bridgehead atoms. The number of carbonyl (C=O) groups excluding carboxylic acids is 2. The minimum Gasteiger partial charge on any atom is -0.493 e. The SMILES string of the molecule is COCCNC(=O)CCCn1c(=O)c2cc(OC)c(OC)cc2n(CC(=O)NCCC2=CCCCC2)c1=O. The van der Waals surface area contributed by atoms with Gasteiger partial charge in [0.05, 0.1) is 31.7 Å². The van der Waals surface area contributed by atoms with Crippen molar-refractivity contribution in [2.24, 2.45) is 0 Å². The van der Waals surface area contributed by atoms with Crippen molar-refractivity contribution >= 4 is 22.7 Å². The summed E-state index contributed by atoms with van der Waals surface area (Å²) in [5, 5.41) is 5.82. The number of benzene rings is 1. The fraction of sp³-hybridized carbons (Fsp3) is 0.556. The van der Waals surface area contributed by atoms with E-state index in [2.05, 4.69) is 16.7 Å². The molecule has 11 heteroatoms. The van der Waals surface area contributed by atoms with E-state index in [1.165, 1.54) is 49.3 Å². The van der Waals surface area contributed by atoms with Gasteiger partial charge in [-0.3, -0.25) is 23.5 Å². The number of carbonyl (C=O) groups is 2. The van der Waals surface area contributed by atoms with Crippen LogP contribution in [-0.4, -0.2) is 62.0 Å². The molecule has 0 saturated carbocycles. The highest BCUT2D eigenvalue weighted by atomic mass is 16.5. The lowest BCUT2D eigenvalue weighted by Crippen LogP contribution is -2.43. The first kappa shape index (κ1) is 29.0. The molecule has 2 aromatic rings. The Kier molecular flexibility index (Phi) is 11.0. The van der Waals surface area contributed by atoms with Gasteiger partial charge in [-0.1, -0.05) is 11.6 Å². The number of nitrogens with zero attached hydrogens (tertiary/aromatic N) is 2. The number of allylic oxidation sites excluding steroid dienone is 1. The average Bonchev–Trinajstić information content (AvgIpc) is 2.93. The minimum absolute atomic E-state index is 0.0232. The molecular weight excluding hydrogens is 492 g/mol. The van der Waals surface area contributed by atoms with Crippen LogP contribution < -0.4 is 31.4 Å². The largest absolute Gasteiger partial charge is 0.493 e. The fourth-order valence-electron chi connectivity index (χ4n) is 4.57. The summed E-state index contributed by atoms with van der Waals surface area (Å²) in [4.78, 5) is 51.7. The first-order valence-electron chi connectivity index (χ1n) is 13.0. The van der Waals surface area contributed by atoms with Crippen LogP contribution in [0.4, 0.5) is 0 Å². The summed E-state index contributed by atoms with van der Waals surface area (Å²) in [5.41, 5.74) is 0.471. The molecule has 2 amide bonds. The molecule has 2 N–H and O–H groups in total. The normalized spacial score (nSPS) is 13.2. The summed E-state index contributed by atoms with van der Waals surface area (Å²) in [6, 6.07) is 3.04. The predicted octanol–water partition coefficient (Wildman–Crippen LogP) is 1.73. The van der Waals surface area contributed by atoms with E-state index in [4.69, 9.17) is 14.2 Å². The van der Waals surface area contributed by atoms with Gasteiger partial charge in [-0.15, -0.1) is 0 Å². The highest BCUT2D eigenvalue weighted by molar-refractivity contribution is 5.84. The van der Waals surface area contributed by atoms with Crippen molar-refractivity contribution in [1.82, 2.24) is 19.8 Å². The van der Waals surface area contributed by atoms with Crippen LogP contribution in [0.5, 0.6) is 11.5 Å². The van der Waals surface area contributed by atoms with Crippen molar-refractivity contribution in [3.63, 3.8) is 0 Å². The molecule has 1 aromatic heterocycles. The summed E-state index contributed by atoms with van der Waals surface area (Å²) >= 11 is 0. The van der Waals surface area contributed by atoms with Crippen molar-refractivity contribution in [3.8, 4) is 11.5 Å². The Morgan fingerprint density at radius 3 is 2.37 bits per heavy atom. The summed E-state index contributed by atoms with van der Waals surface area (Å²) in [6.07, 6.45) is 7.92. The number of fused-ring (bicyclic) bond motifs is 1. The highest BCUT2D eigenvalue weighted by Crippen LogP contribution is 2.30. The lowest BCUT2D eigenvalue weighted by molar-refractivity contribution is -0.122. The van der Waals surface area contributed by atoms with Gasteiger partial charge in [0.2, 0.25) is 11.8 Å². The molecule has 11 nitrogen and oxygen atoms in total. The molecule has 0 saturated heterocycles. The molecule has 1 heterocycles. The molecule has 0 aliphatic heterocycles. The first-order valence-corrected chi connectivity index (χ1v) is 13.0. The van der Waals surface area contributed by atoms with Crippen molar-refractivity contribution < 1.29 is 23.8 Å². The Morgan fingerprint density at radius 2 is 1.68 bits per heavy atom. The fourth-order valence-corrected chi connectivity index (χ4v) is 4.57. The smallest absolute Gasteiger partial charge is 0.331 e. The van der Waals surface area contributed by atoms with Crippen molar-refractivity contribution in [2.75, 3.05) is 41.0 Å². The predicted molar refractivity (Wildman–Crippen MR) is 144 cm³/mol. The Hall–Kier alpha value is -3.60. The van der Waals surface area contributed by atoms with Crippen LogP contribution in [0.25, 0.3) is 10.9 Å². The van der Waals surface area contributed by atoms with E-state index in [0.29, 0.717) is 31.2 Å². The van der Waals surface area contributed by atoms with Crippen molar-refractivity contribution in [3.05, 3.63) is 44.6 Å². The van der Waals surface area contributed by atoms with E-state index in [0.717, 1.165) is 23.8 Å². The second-order valence-corrected chi connectivity index (χ2v) is 9.20. The second-order valence-electron chi connectivity index (χ2n) is 9.20. The third-order valence-corrected chi connectivity index (χ3v) is 6.60. The molecular formula is C27H38N4O7. The van der Waals surface area contributed by atoms with Crippen LogP contribution >= 0.6 is 0 Å². The zero-order valence-electron chi connectivity index (χ0n) is 22.5. The molecule has 3 rings (SSSR count). The second kappa shape index (κ2) is 14.4. The van der Waals surface area contributed by atoms with E-state index < -0.39 is 11.2 Å². The topological polar surface area (TPSA) is 130 Å². The Bertz CT molecular complexity index is 1280. The van der Waals surface area contributed by atoms with Gasteiger partial charge in [0.15, 0.2) is 11.5 Å². The van der Waals surface area contributed by atoms with Gasteiger partial charge in [-0.2, -0.15) is 0 Å². The number of amides is 2. The van der Waals surface area contributed by atoms with E-state index in [1.54, 1.807) is 7.11 Å². The Morgan fingerprint density at radius 1 is 0.947 bits per heavy atom. The van der Waals surface area contributed by atoms with E-state index in [-0.39, 0.29) is 48.6 Å². The van der Waals surface area contributed by atoms with Gasteiger partial charge in [-0.05, 0) is 44.6 Å². The quantitative estimate of drug-likeness (QED) is 0.281. The van der Waals surface area contributed by atoms with Crippen LogP contribution in [0, 0.1) is 0 Å². The maximum atomic E-state index is 13.4. The van der Waals surface area contributed by atoms with Crippen molar-refractivity contribution in [2.45, 2.75) is 58.0 Å². The number of rotatable bonds is 14.